The number of imidazole rings is 2. The van der Waals surface area contributed by atoms with Crippen LogP contribution in [-0.2, 0) is 13.1 Å². The molecule has 0 aliphatic heterocycles. The summed E-state index contributed by atoms with van der Waals surface area (Å²) in [7, 11) is 0. The second-order valence-corrected chi connectivity index (χ2v) is 13.1. The fourth-order valence-corrected chi connectivity index (χ4v) is 7.05. The Morgan fingerprint density at radius 2 is 1.20 bits per heavy atom. The highest BCUT2D eigenvalue weighted by Crippen LogP contribution is 2.28. The van der Waals surface area contributed by atoms with Crippen LogP contribution in [0, 0.1) is 0 Å². The summed E-state index contributed by atoms with van der Waals surface area (Å²) >= 11 is 0. The van der Waals surface area contributed by atoms with E-state index in [1.807, 2.05) is 82.0 Å². The summed E-state index contributed by atoms with van der Waals surface area (Å²) in [5, 5.41) is 0. The number of rotatable bonds is 7. The van der Waals surface area contributed by atoms with Crippen LogP contribution in [0.15, 0.2) is 157 Å². The van der Waals surface area contributed by atoms with Gasteiger partial charge in [-0.3, -0.25) is 28.7 Å². The first kappa shape index (κ1) is 31.2. The lowest BCUT2D eigenvalue weighted by Crippen LogP contribution is -2.21. The van der Waals surface area contributed by atoms with Crippen molar-refractivity contribution in [1.82, 2.24) is 47.8 Å². The van der Waals surface area contributed by atoms with Crippen LogP contribution in [0.5, 0.6) is 0 Å². The number of fused-ring (bicyclic) bond motifs is 4. The van der Waals surface area contributed by atoms with Crippen molar-refractivity contribution < 1.29 is 0 Å². The van der Waals surface area contributed by atoms with Gasteiger partial charge in [-0.1, -0.05) is 42.5 Å². The van der Waals surface area contributed by atoms with Gasteiger partial charge in [-0.05, 0) is 75.8 Å². The topological polar surface area (TPSA) is 130 Å². The van der Waals surface area contributed by atoms with Gasteiger partial charge < -0.3 is 8.80 Å². The molecule has 0 aliphatic carbocycles. The number of hydrogen-bond acceptors (Lipinski definition) is 8. The van der Waals surface area contributed by atoms with Gasteiger partial charge in [0.1, 0.15) is 17.7 Å². The first-order valence-electron chi connectivity index (χ1n) is 17.3. The molecule has 8 aromatic heterocycles. The van der Waals surface area contributed by atoms with Crippen molar-refractivity contribution in [3.8, 4) is 33.6 Å². The van der Waals surface area contributed by atoms with E-state index >= 15 is 0 Å². The van der Waals surface area contributed by atoms with Crippen molar-refractivity contribution in [3.05, 3.63) is 179 Å². The Balaban J connectivity index is 0.936. The smallest absolute Gasteiger partial charge is 0.269 e. The van der Waals surface area contributed by atoms with Crippen molar-refractivity contribution in [2.24, 2.45) is 0 Å². The third kappa shape index (κ3) is 5.49. The van der Waals surface area contributed by atoms with Crippen molar-refractivity contribution in [1.29, 1.82) is 0 Å². The molecule has 2 aromatic carbocycles. The third-order valence-corrected chi connectivity index (χ3v) is 9.75. The zero-order valence-corrected chi connectivity index (χ0v) is 28.6. The summed E-state index contributed by atoms with van der Waals surface area (Å²) in [5.74, 6) is 0. The monoisotopic (exact) mass is 704 g/mol. The van der Waals surface area contributed by atoms with Crippen molar-refractivity contribution in [2.45, 2.75) is 13.1 Å². The zero-order chi connectivity index (χ0) is 36.2. The molecule has 0 bridgehead atoms. The van der Waals surface area contributed by atoms with Crippen LogP contribution in [0.2, 0.25) is 0 Å². The summed E-state index contributed by atoms with van der Waals surface area (Å²) in [5.41, 5.74) is 11.5. The molecule has 54 heavy (non-hydrogen) atoms. The SMILES string of the molecule is O=c1cnc2ccncc2n1Cc1cccc(-c2ccc3c(-c4cc5ncc(=O)n(Cc6cccc(-c7ccc8nccn8c7)c6)c5cn4)ncn3c2)c1. The number of benzene rings is 2. The lowest BCUT2D eigenvalue weighted by molar-refractivity contribution is 0.785. The highest BCUT2D eigenvalue weighted by atomic mass is 16.1. The van der Waals surface area contributed by atoms with Crippen LogP contribution in [0.1, 0.15) is 11.1 Å². The van der Waals surface area contributed by atoms with Crippen LogP contribution >= 0.6 is 0 Å². The molecule has 0 radical (unpaired) electrons. The molecule has 0 atom stereocenters. The van der Waals surface area contributed by atoms with Crippen molar-refractivity contribution in [3.63, 3.8) is 0 Å². The van der Waals surface area contributed by atoms with Gasteiger partial charge in [0, 0.05) is 31.0 Å². The first-order valence-corrected chi connectivity index (χ1v) is 17.3. The molecular formula is C42H28N10O2. The summed E-state index contributed by atoms with van der Waals surface area (Å²) in [6.45, 7) is 0.755. The standard InChI is InChI=1S/C42H28N10O2/c53-40-20-46-33-11-12-43-18-37(33)51(40)22-27-3-1-5-29(15-27)31-7-9-36-42(48-26-50(36)25-31)35-17-34-38(19-45-35)52(41(54)21-47-34)23-28-4-2-6-30(16-28)32-8-10-39-44-13-14-49(39)24-32/h1-21,24-26H,22-23H2. The number of pyridine rings is 4. The van der Waals surface area contributed by atoms with Gasteiger partial charge in [0.2, 0.25) is 0 Å². The molecule has 8 heterocycles. The van der Waals surface area contributed by atoms with Gasteiger partial charge in [0.05, 0.1) is 71.2 Å². The van der Waals surface area contributed by atoms with Crippen LogP contribution in [0.25, 0.3) is 66.9 Å². The number of nitrogens with zero attached hydrogens (tertiary/aromatic N) is 10. The highest BCUT2D eigenvalue weighted by Gasteiger charge is 2.14. The Kier molecular flexibility index (Phi) is 7.25. The highest BCUT2D eigenvalue weighted by molar-refractivity contribution is 5.83. The predicted molar refractivity (Wildman–Crippen MR) is 206 cm³/mol. The summed E-state index contributed by atoms with van der Waals surface area (Å²) in [6.07, 6.45) is 17.3. The van der Waals surface area contributed by atoms with Gasteiger partial charge in [-0.2, -0.15) is 0 Å². The fraction of sp³-hybridized carbons (Fsp3) is 0.0476. The third-order valence-electron chi connectivity index (χ3n) is 9.75. The van der Waals surface area contributed by atoms with E-state index in [4.69, 9.17) is 9.97 Å². The van der Waals surface area contributed by atoms with E-state index < -0.39 is 0 Å². The van der Waals surface area contributed by atoms with E-state index in [9.17, 15) is 9.59 Å². The molecule has 10 aromatic rings. The van der Waals surface area contributed by atoms with Gasteiger partial charge in [-0.25, -0.2) is 19.9 Å². The van der Waals surface area contributed by atoms with Crippen molar-refractivity contribution >= 4 is 33.2 Å². The Hall–Kier alpha value is -7.60. The number of hydrogen-bond donors (Lipinski definition) is 0. The van der Waals surface area contributed by atoms with Gasteiger partial charge in [-0.15, -0.1) is 0 Å². The maximum absolute atomic E-state index is 13.2. The molecule has 10 rings (SSSR count). The van der Waals surface area contributed by atoms with Gasteiger partial charge in [0.15, 0.2) is 0 Å². The summed E-state index contributed by atoms with van der Waals surface area (Å²) in [4.78, 5) is 52.7. The van der Waals surface area contributed by atoms with Crippen LogP contribution in [0.3, 0.4) is 0 Å². The minimum absolute atomic E-state index is 0.181. The average Bonchev–Trinajstić information content (AvgIpc) is 3.87. The summed E-state index contributed by atoms with van der Waals surface area (Å²) in [6, 6.07) is 28.1. The summed E-state index contributed by atoms with van der Waals surface area (Å²) < 4.78 is 7.35. The first-order chi connectivity index (χ1) is 26.5. The normalized spacial score (nSPS) is 11.6. The quantitative estimate of drug-likeness (QED) is 0.189. The minimum Gasteiger partial charge on any atom is -0.306 e. The minimum atomic E-state index is -0.204. The Bertz CT molecular complexity index is 3190. The van der Waals surface area contributed by atoms with Crippen molar-refractivity contribution in [2.75, 3.05) is 0 Å². The fourth-order valence-electron chi connectivity index (χ4n) is 7.05. The molecule has 258 valence electrons. The molecule has 0 saturated heterocycles. The van der Waals surface area contributed by atoms with E-state index in [0.717, 1.165) is 50.1 Å². The molecule has 0 fully saturated rings. The maximum atomic E-state index is 13.2. The average molecular weight is 705 g/mol. The van der Waals surface area contributed by atoms with Crippen LogP contribution < -0.4 is 11.1 Å². The Morgan fingerprint density at radius 1 is 0.519 bits per heavy atom. The van der Waals surface area contributed by atoms with E-state index in [1.165, 1.54) is 12.4 Å². The lowest BCUT2D eigenvalue weighted by atomic mass is 10.0. The van der Waals surface area contributed by atoms with E-state index in [1.54, 1.807) is 46.3 Å². The Morgan fingerprint density at radius 3 is 1.96 bits per heavy atom. The van der Waals surface area contributed by atoms with Gasteiger partial charge >= 0.3 is 0 Å². The molecule has 0 aliphatic rings. The zero-order valence-electron chi connectivity index (χ0n) is 28.6. The van der Waals surface area contributed by atoms with E-state index in [0.29, 0.717) is 41.0 Å². The second-order valence-electron chi connectivity index (χ2n) is 13.1. The second kappa shape index (κ2) is 12.6. The molecule has 0 N–H and O–H groups in total. The van der Waals surface area contributed by atoms with Crippen LogP contribution in [0.4, 0.5) is 0 Å². The molecule has 12 heteroatoms. The molecule has 0 saturated carbocycles. The van der Waals surface area contributed by atoms with E-state index in [2.05, 4.69) is 44.2 Å². The molecule has 12 nitrogen and oxygen atoms in total. The largest absolute Gasteiger partial charge is 0.306 e. The lowest BCUT2D eigenvalue weighted by Gasteiger charge is -2.12. The molecule has 0 amide bonds. The molecule has 0 unspecified atom stereocenters. The molecular weight excluding hydrogens is 677 g/mol. The predicted octanol–water partition coefficient (Wildman–Crippen LogP) is 6.29. The molecule has 0 spiro atoms. The number of aromatic nitrogens is 10. The maximum Gasteiger partial charge on any atom is 0.269 e. The van der Waals surface area contributed by atoms with Gasteiger partial charge in [0.25, 0.3) is 11.1 Å². The Labute approximate surface area is 306 Å². The van der Waals surface area contributed by atoms with Crippen LogP contribution in [-0.4, -0.2) is 47.8 Å². The van der Waals surface area contributed by atoms with E-state index in [-0.39, 0.29) is 11.1 Å².